The highest BCUT2D eigenvalue weighted by atomic mass is 15.2. The van der Waals surface area contributed by atoms with Crippen LogP contribution in [0.4, 0.5) is 28.4 Å². The number of hydrogen-bond acceptors (Lipinski definition) is 2. The van der Waals surface area contributed by atoms with Gasteiger partial charge in [0.25, 0.3) is 0 Å². The zero-order chi connectivity index (χ0) is 46.1. The third kappa shape index (κ3) is 6.70. The average molecular weight is 883 g/mol. The van der Waals surface area contributed by atoms with E-state index in [1.165, 1.54) is 98.6 Å². The second-order valence-corrected chi connectivity index (χ2v) is 19.1. The lowest BCUT2D eigenvalue weighted by atomic mass is 9.80. The molecule has 11 aromatic rings. The molecule has 2 aliphatic rings. The monoisotopic (exact) mass is 882 g/mol. The topological polar surface area (TPSA) is 6.48 Å². The van der Waals surface area contributed by atoms with Crippen molar-refractivity contribution in [2.24, 2.45) is 0 Å². The third-order valence-corrected chi connectivity index (χ3v) is 14.9. The molecule has 0 spiro atoms. The molecule has 0 aromatic heterocycles. The van der Waals surface area contributed by atoms with Crippen LogP contribution < -0.4 is 20.2 Å². The number of benzene rings is 11. The largest absolute Gasteiger partial charge is 0.334 e. The molecule has 0 N–H and O–H groups in total. The van der Waals surface area contributed by atoms with Gasteiger partial charge in [0, 0.05) is 39.2 Å². The summed E-state index contributed by atoms with van der Waals surface area (Å²) in [7, 11) is 0. The second-order valence-electron chi connectivity index (χ2n) is 19.1. The quantitative estimate of drug-likeness (QED) is 0.150. The van der Waals surface area contributed by atoms with Crippen LogP contribution in [0.15, 0.2) is 237 Å². The Morgan fingerprint density at radius 1 is 0.391 bits per heavy atom. The Morgan fingerprint density at radius 3 is 1.71 bits per heavy atom. The van der Waals surface area contributed by atoms with E-state index in [-0.39, 0.29) is 11.5 Å². The minimum Gasteiger partial charge on any atom is -0.334 e. The van der Waals surface area contributed by atoms with Gasteiger partial charge in [0.2, 0.25) is 0 Å². The zero-order valence-corrected chi connectivity index (χ0v) is 38.9. The van der Waals surface area contributed by atoms with Gasteiger partial charge in [-0.1, -0.05) is 202 Å². The van der Waals surface area contributed by atoms with Crippen molar-refractivity contribution < 1.29 is 0 Å². The Labute approximate surface area is 404 Å². The van der Waals surface area contributed by atoms with Crippen molar-refractivity contribution in [2.75, 3.05) is 9.80 Å². The molecule has 328 valence electrons. The van der Waals surface area contributed by atoms with E-state index in [0.29, 0.717) is 0 Å². The van der Waals surface area contributed by atoms with Crippen LogP contribution in [0, 0.1) is 0 Å². The van der Waals surface area contributed by atoms with Crippen LogP contribution in [0.5, 0.6) is 0 Å². The fraction of sp³-hybridized carbons (Fsp3) is 0.0746. The fourth-order valence-electron chi connectivity index (χ4n) is 11.7. The third-order valence-electron chi connectivity index (χ3n) is 14.9. The van der Waals surface area contributed by atoms with Gasteiger partial charge in [-0.3, -0.25) is 0 Å². The summed E-state index contributed by atoms with van der Waals surface area (Å²) in [5, 5.41) is 9.97. The van der Waals surface area contributed by atoms with E-state index in [1.807, 2.05) is 0 Å². The van der Waals surface area contributed by atoms with E-state index in [2.05, 4.69) is 272 Å². The number of anilines is 5. The van der Waals surface area contributed by atoms with Gasteiger partial charge in [-0.2, -0.15) is 0 Å². The van der Waals surface area contributed by atoms with Crippen LogP contribution >= 0.6 is 0 Å². The first kappa shape index (κ1) is 40.8. The summed E-state index contributed by atoms with van der Waals surface area (Å²) in [5.41, 5.74) is 16.0. The summed E-state index contributed by atoms with van der Waals surface area (Å²) in [6.45, 7) is 4.79. The number of fused-ring (bicyclic) bond motifs is 7. The van der Waals surface area contributed by atoms with Crippen molar-refractivity contribution in [3.63, 3.8) is 0 Å². The summed E-state index contributed by atoms with van der Waals surface area (Å²) in [5.74, 6) is 0. The van der Waals surface area contributed by atoms with Crippen LogP contribution in [-0.2, 0) is 5.41 Å². The molecule has 0 bridgehead atoms. The zero-order valence-electron chi connectivity index (χ0n) is 38.9. The minimum absolute atomic E-state index is 0.0177. The molecule has 1 unspecified atom stereocenters. The number of hydrogen-bond donors (Lipinski definition) is 0. The van der Waals surface area contributed by atoms with Gasteiger partial charge in [-0.15, -0.1) is 0 Å². The van der Waals surface area contributed by atoms with E-state index in [1.54, 1.807) is 0 Å². The molecule has 0 radical (unpaired) electrons. The summed E-state index contributed by atoms with van der Waals surface area (Å²) >= 11 is 0. The van der Waals surface area contributed by atoms with Gasteiger partial charge in [0.05, 0.1) is 6.04 Å². The van der Waals surface area contributed by atoms with E-state index >= 15 is 0 Å². The molecule has 0 heterocycles. The van der Waals surface area contributed by atoms with E-state index in [0.717, 1.165) is 23.5 Å². The minimum atomic E-state index is -0.154. The maximum Gasteiger partial charge on any atom is 0.0566 e. The normalized spacial score (nSPS) is 14.4. The van der Waals surface area contributed by atoms with Crippen LogP contribution in [-0.4, -0.2) is 6.04 Å². The molecule has 2 nitrogen and oxygen atoms in total. The lowest BCUT2D eigenvalue weighted by Crippen LogP contribution is -2.40. The number of rotatable bonds is 8. The Hall–Kier alpha value is -8.46. The fourth-order valence-corrected chi connectivity index (χ4v) is 11.7. The molecular weight excluding hydrogens is 833 g/mol. The molecule has 2 aliphatic carbocycles. The maximum absolute atomic E-state index is 2.60. The van der Waals surface area contributed by atoms with Gasteiger partial charge in [-0.05, 0) is 149 Å². The van der Waals surface area contributed by atoms with Gasteiger partial charge in [-0.25, -0.2) is 0 Å². The molecule has 2 heteroatoms. The predicted molar refractivity (Wildman–Crippen MR) is 294 cm³/mol. The summed E-state index contributed by atoms with van der Waals surface area (Å²) in [6.07, 6.45) is 5.99. The van der Waals surface area contributed by atoms with E-state index in [9.17, 15) is 0 Å². The van der Waals surface area contributed by atoms with Crippen LogP contribution in [0.1, 0.15) is 31.4 Å². The predicted octanol–water partition coefficient (Wildman–Crippen LogP) is 16.4. The van der Waals surface area contributed by atoms with Crippen molar-refractivity contribution in [1.82, 2.24) is 0 Å². The highest BCUT2D eigenvalue weighted by molar-refractivity contribution is 6.12. The Bertz CT molecular complexity index is 3860. The van der Waals surface area contributed by atoms with Crippen LogP contribution in [0.3, 0.4) is 0 Å². The Morgan fingerprint density at radius 2 is 0.971 bits per heavy atom. The lowest BCUT2D eigenvalue weighted by Gasteiger charge is -2.34. The van der Waals surface area contributed by atoms with Crippen molar-refractivity contribution in [3.05, 3.63) is 258 Å². The Kier molecular flexibility index (Phi) is 9.69. The first-order valence-corrected chi connectivity index (χ1v) is 24.3. The first-order chi connectivity index (χ1) is 34.0. The maximum atomic E-state index is 2.60. The van der Waals surface area contributed by atoms with Gasteiger partial charge < -0.3 is 9.80 Å². The van der Waals surface area contributed by atoms with Crippen LogP contribution in [0.25, 0.3) is 77.9 Å². The molecule has 0 saturated heterocycles. The van der Waals surface area contributed by atoms with Gasteiger partial charge in [0.1, 0.15) is 0 Å². The van der Waals surface area contributed by atoms with E-state index < -0.39 is 0 Å². The molecule has 0 saturated carbocycles. The molecule has 13 rings (SSSR count). The van der Waals surface area contributed by atoms with Crippen molar-refractivity contribution in [1.29, 1.82) is 0 Å². The molecule has 0 fully saturated rings. The summed E-state index contributed by atoms with van der Waals surface area (Å²) in [6, 6.07) is 87.4. The summed E-state index contributed by atoms with van der Waals surface area (Å²) < 4.78 is 0. The molecule has 11 aromatic carbocycles. The first-order valence-electron chi connectivity index (χ1n) is 24.3. The second kappa shape index (κ2) is 16.4. The molecule has 69 heavy (non-hydrogen) atoms. The molecule has 0 amide bonds. The molecular formula is C67H50N2. The highest BCUT2D eigenvalue weighted by Gasteiger charge is 2.36. The SMILES string of the molecule is CC1(C)c2ccccc2-c2ccc(-c3c4c(c(-c5cccc6ccccc56)c5ccc(N(c6ccccc6)c6ccccc6)cc35)=CC(N(c3ccccc3)c3cccc5ccccc35)CC=4)cc21. The molecule has 0 aliphatic heterocycles. The smallest absolute Gasteiger partial charge is 0.0566 e. The number of nitrogens with zero attached hydrogens (tertiary/aromatic N) is 2. The van der Waals surface area contributed by atoms with Crippen molar-refractivity contribution >= 4 is 72.9 Å². The van der Waals surface area contributed by atoms with Crippen molar-refractivity contribution in [3.8, 4) is 33.4 Å². The standard InChI is InChI=1S/C67H50N2/c1-67(2)62-34-17-16-32-55(62)56-39-36-47(42-63(56)67)65-58-40-38-52(69(50-28-10-5-11-29-50)64-35-19-23-46-21-13-15-31-54(46)64)44-61(58)66(57-33-18-22-45-20-12-14-30-53(45)57)59-41-37-51(43-60(59)65)68(48-24-6-3-7-25-48)49-26-8-4-9-27-49/h3-37,39-44,52H,38H2,1-2H3. The molecule has 1 atom stereocenters. The van der Waals surface area contributed by atoms with Gasteiger partial charge >= 0.3 is 0 Å². The lowest BCUT2D eigenvalue weighted by molar-refractivity contribution is 0.660. The van der Waals surface area contributed by atoms with Crippen LogP contribution in [0.2, 0.25) is 0 Å². The van der Waals surface area contributed by atoms with Gasteiger partial charge in [0.15, 0.2) is 0 Å². The highest BCUT2D eigenvalue weighted by Crippen LogP contribution is 2.50. The number of para-hydroxylation sites is 3. The van der Waals surface area contributed by atoms with Crippen molar-refractivity contribution in [2.45, 2.75) is 31.7 Å². The Balaban J connectivity index is 1.15. The average Bonchev–Trinajstić information content (AvgIpc) is 3.64. The summed E-state index contributed by atoms with van der Waals surface area (Å²) in [4.78, 5) is 4.98. The van der Waals surface area contributed by atoms with E-state index in [4.69, 9.17) is 0 Å².